The van der Waals surface area contributed by atoms with Gasteiger partial charge in [-0.15, -0.1) is 0 Å². The zero-order chi connectivity index (χ0) is 20.1. The molecule has 0 unspecified atom stereocenters. The van der Waals surface area contributed by atoms with Crippen molar-refractivity contribution in [2.75, 3.05) is 26.4 Å². The van der Waals surface area contributed by atoms with E-state index in [1.807, 2.05) is 0 Å². The van der Waals surface area contributed by atoms with Crippen LogP contribution in [0.5, 0.6) is 0 Å². The SMILES string of the molecule is CCCCCCCO[Si](OCCCC)(OCCCC)OCCCCCCC. The molecule has 5 heteroatoms. The van der Waals surface area contributed by atoms with E-state index in [1.54, 1.807) is 0 Å². The normalized spacial score (nSPS) is 12.0. The highest BCUT2D eigenvalue weighted by atomic mass is 28.4. The first-order valence-corrected chi connectivity index (χ1v) is 13.4. The standard InChI is InChI=1S/C22H48O4Si/c1-5-9-13-15-17-21-25-27(23-19-11-7-3,24-20-12-8-4)26-22-18-16-14-10-6-2/h5-22H2,1-4H3. The Bertz CT molecular complexity index is 261. The van der Waals surface area contributed by atoms with Crippen LogP contribution in [0, 0.1) is 0 Å². The van der Waals surface area contributed by atoms with Crippen molar-refractivity contribution in [3.63, 3.8) is 0 Å². The van der Waals surface area contributed by atoms with Gasteiger partial charge in [0, 0.05) is 26.4 Å². The van der Waals surface area contributed by atoms with Gasteiger partial charge in [-0.25, -0.2) is 0 Å². The highest BCUT2D eigenvalue weighted by Gasteiger charge is 2.45. The minimum atomic E-state index is -3.01. The van der Waals surface area contributed by atoms with E-state index >= 15 is 0 Å². The molecule has 0 aliphatic carbocycles. The third-order valence-electron chi connectivity index (χ3n) is 4.61. The maximum Gasteiger partial charge on any atom is 0.679 e. The molecule has 0 N–H and O–H groups in total. The molecular formula is C22H48O4Si. The van der Waals surface area contributed by atoms with Crippen molar-refractivity contribution in [2.24, 2.45) is 0 Å². The summed E-state index contributed by atoms with van der Waals surface area (Å²) in [5.41, 5.74) is 0. The van der Waals surface area contributed by atoms with E-state index in [9.17, 15) is 0 Å². The quantitative estimate of drug-likeness (QED) is 0.143. The van der Waals surface area contributed by atoms with E-state index in [0.717, 1.165) is 38.5 Å². The fourth-order valence-corrected chi connectivity index (χ4v) is 4.82. The van der Waals surface area contributed by atoms with Gasteiger partial charge in [-0.1, -0.05) is 91.9 Å². The number of rotatable bonds is 22. The Morgan fingerprint density at radius 1 is 0.370 bits per heavy atom. The average Bonchev–Trinajstić information content (AvgIpc) is 2.67. The number of hydrogen-bond acceptors (Lipinski definition) is 4. The monoisotopic (exact) mass is 404 g/mol. The van der Waals surface area contributed by atoms with E-state index in [4.69, 9.17) is 17.7 Å². The van der Waals surface area contributed by atoms with Crippen LogP contribution in [-0.2, 0) is 17.7 Å². The van der Waals surface area contributed by atoms with Crippen molar-refractivity contribution >= 4 is 9.05 Å². The summed E-state index contributed by atoms with van der Waals surface area (Å²) < 4.78 is 24.7. The van der Waals surface area contributed by atoms with Crippen molar-refractivity contribution in [1.82, 2.24) is 0 Å². The zero-order valence-corrected chi connectivity index (χ0v) is 19.9. The first-order chi connectivity index (χ1) is 13.2. The van der Waals surface area contributed by atoms with Crippen LogP contribution in [-0.4, -0.2) is 35.5 Å². The van der Waals surface area contributed by atoms with Crippen LogP contribution in [0.1, 0.15) is 118 Å². The molecular weight excluding hydrogens is 356 g/mol. The van der Waals surface area contributed by atoms with Crippen molar-refractivity contribution < 1.29 is 17.7 Å². The molecule has 0 aliphatic heterocycles. The molecule has 0 aromatic carbocycles. The van der Waals surface area contributed by atoms with Gasteiger partial charge in [-0.3, -0.25) is 0 Å². The Morgan fingerprint density at radius 3 is 1.00 bits per heavy atom. The van der Waals surface area contributed by atoms with Gasteiger partial charge >= 0.3 is 9.05 Å². The lowest BCUT2D eigenvalue weighted by Gasteiger charge is -2.28. The summed E-state index contributed by atoms with van der Waals surface area (Å²) in [5, 5.41) is 0. The summed E-state index contributed by atoms with van der Waals surface area (Å²) in [6.45, 7) is 11.5. The molecule has 0 aliphatic rings. The summed E-state index contributed by atoms with van der Waals surface area (Å²) in [6.07, 6.45) is 16.5. The van der Waals surface area contributed by atoms with Crippen molar-refractivity contribution in [3.8, 4) is 0 Å². The van der Waals surface area contributed by atoms with Gasteiger partial charge in [0.25, 0.3) is 0 Å². The smallest absolute Gasteiger partial charge is 0.351 e. The predicted octanol–water partition coefficient (Wildman–Crippen LogP) is 7.03. The predicted molar refractivity (Wildman–Crippen MR) is 117 cm³/mol. The number of hydrogen-bond donors (Lipinski definition) is 0. The first kappa shape index (κ1) is 27.1. The van der Waals surface area contributed by atoms with E-state index < -0.39 is 9.05 Å². The molecule has 0 aromatic rings. The van der Waals surface area contributed by atoms with Gasteiger partial charge in [0.15, 0.2) is 0 Å². The third-order valence-corrected chi connectivity index (χ3v) is 6.84. The van der Waals surface area contributed by atoms with Gasteiger partial charge in [-0.05, 0) is 25.7 Å². The van der Waals surface area contributed by atoms with Gasteiger partial charge < -0.3 is 17.7 Å². The summed E-state index contributed by atoms with van der Waals surface area (Å²) in [5.74, 6) is 0. The van der Waals surface area contributed by atoms with Crippen LogP contribution >= 0.6 is 0 Å². The molecule has 0 rings (SSSR count). The third kappa shape index (κ3) is 16.7. The highest BCUT2D eigenvalue weighted by molar-refractivity contribution is 6.53. The van der Waals surface area contributed by atoms with Crippen LogP contribution in [0.2, 0.25) is 0 Å². The van der Waals surface area contributed by atoms with Crippen molar-refractivity contribution in [1.29, 1.82) is 0 Å². The molecule has 164 valence electrons. The second-order valence-corrected chi connectivity index (χ2v) is 9.58. The maximum atomic E-state index is 6.20. The molecule has 0 aromatic heterocycles. The van der Waals surface area contributed by atoms with Crippen LogP contribution in [0.15, 0.2) is 0 Å². The minimum absolute atomic E-state index is 0.667. The Morgan fingerprint density at radius 2 is 0.667 bits per heavy atom. The Kier molecular flexibility index (Phi) is 20.8. The Hall–Kier alpha value is 0.0569. The molecule has 0 heterocycles. The van der Waals surface area contributed by atoms with Gasteiger partial charge in [0.05, 0.1) is 0 Å². The maximum absolute atomic E-state index is 6.20. The molecule has 4 nitrogen and oxygen atoms in total. The first-order valence-electron chi connectivity index (χ1n) is 11.8. The molecule has 0 bridgehead atoms. The molecule has 0 amide bonds. The molecule has 0 spiro atoms. The largest absolute Gasteiger partial charge is 0.679 e. The summed E-state index contributed by atoms with van der Waals surface area (Å²) in [6, 6.07) is 0. The van der Waals surface area contributed by atoms with Crippen molar-refractivity contribution in [2.45, 2.75) is 118 Å². The van der Waals surface area contributed by atoms with Crippen LogP contribution < -0.4 is 0 Å². The Labute approximate surface area is 171 Å². The van der Waals surface area contributed by atoms with Crippen LogP contribution in [0.4, 0.5) is 0 Å². The zero-order valence-electron chi connectivity index (χ0n) is 18.9. The fourth-order valence-electron chi connectivity index (χ4n) is 2.74. The van der Waals surface area contributed by atoms with E-state index in [-0.39, 0.29) is 0 Å². The van der Waals surface area contributed by atoms with E-state index in [0.29, 0.717) is 26.4 Å². The van der Waals surface area contributed by atoms with Crippen LogP contribution in [0.3, 0.4) is 0 Å². The molecule has 0 saturated carbocycles. The van der Waals surface area contributed by atoms with Gasteiger partial charge in [0.2, 0.25) is 0 Å². The van der Waals surface area contributed by atoms with Crippen LogP contribution in [0.25, 0.3) is 0 Å². The van der Waals surface area contributed by atoms with Crippen molar-refractivity contribution in [3.05, 3.63) is 0 Å². The lowest BCUT2D eigenvalue weighted by Crippen LogP contribution is -2.50. The van der Waals surface area contributed by atoms with Gasteiger partial charge in [0.1, 0.15) is 0 Å². The van der Waals surface area contributed by atoms with E-state index in [1.165, 1.54) is 51.4 Å². The molecule has 0 saturated heterocycles. The highest BCUT2D eigenvalue weighted by Crippen LogP contribution is 2.17. The van der Waals surface area contributed by atoms with E-state index in [2.05, 4.69) is 27.7 Å². The second-order valence-electron chi connectivity index (χ2n) is 7.43. The number of unbranched alkanes of at least 4 members (excludes halogenated alkanes) is 10. The molecule has 0 atom stereocenters. The summed E-state index contributed by atoms with van der Waals surface area (Å²) in [4.78, 5) is 0. The summed E-state index contributed by atoms with van der Waals surface area (Å²) >= 11 is 0. The average molecular weight is 405 g/mol. The Balaban J connectivity index is 4.52. The molecule has 27 heavy (non-hydrogen) atoms. The lowest BCUT2D eigenvalue weighted by atomic mass is 10.2. The fraction of sp³-hybridized carbons (Fsp3) is 1.00. The topological polar surface area (TPSA) is 36.9 Å². The second kappa shape index (κ2) is 20.8. The minimum Gasteiger partial charge on any atom is -0.351 e. The molecule has 0 fully saturated rings. The summed E-state index contributed by atoms with van der Waals surface area (Å²) in [7, 11) is -3.01. The van der Waals surface area contributed by atoms with Gasteiger partial charge in [-0.2, -0.15) is 0 Å². The lowest BCUT2D eigenvalue weighted by molar-refractivity contribution is -0.0372. The molecule has 0 radical (unpaired) electrons.